The van der Waals surface area contributed by atoms with E-state index in [4.69, 9.17) is 4.52 Å². The minimum Gasteiger partial charge on any atom is -0.861 e. The van der Waals surface area contributed by atoms with E-state index in [1.54, 1.807) is 30.0 Å². The summed E-state index contributed by atoms with van der Waals surface area (Å²) in [4.78, 5) is 20.3. The lowest BCUT2D eigenvalue weighted by Gasteiger charge is -2.29. The van der Waals surface area contributed by atoms with Crippen LogP contribution in [-0.2, 0) is 6.54 Å². The summed E-state index contributed by atoms with van der Waals surface area (Å²) in [6.07, 6.45) is 1.62. The highest BCUT2D eigenvalue weighted by Crippen LogP contribution is 2.17. The minimum absolute atomic E-state index is 0.0563. The van der Waals surface area contributed by atoms with Crippen molar-refractivity contribution in [2.45, 2.75) is 13.5 Å². The Labute approximate surface area is 197 Å². The lowest BCUT2D eigenvalue weighted by Crippen LogP contribution is -2.65. The van der Waals surface area contributed by atoms with E-state index in [0.29, 0.717) is 11.3 Å². The molecule has 1 aliphatic heterocycles. The molecule has 0 unspecified atom stereocenters. The Hall–Kier alpha value is -3.17. The number of carbonyl (C=O) groups excluding carboxylic acids is 1. The molecule has 0 spiro atoms. The van der Waals surface area contributed by atoms with Gasteiger partial charge in [0.1, 0.15) is 0 Å². The van der Waals surface area contributed by atoms with Crippen LogP contribution >= 0.6 is 11.8 Å². The van der Waals surface area contributed by atoms with Gasteiger partial charge in [-0.25, -0.2) is 4.99 Å². The number of nitrogens with zero attached hydrogens (tertiary/aromatic N) is 5. The molecule has 2 aromatic carbocycles. The van der Waals surface area contributed by atoms with Crippen LogP contribution in [0.5, 0.6) is 0 Å². The number of aliphatic imine (C=N–C) groups is 1. The van der Waals surface area contributed by atoms with Crippen molar-refractivity contribution in [3.8, 4) is 0 Å². The van der Waals surface area contributed by atoms with E-state index in [1.165, 1.54) is 5.56 Å². The van der Waals surface area contributed by atoms with E-state index in [2.05, 4.69) is 44.4 Å². The molecule has 3 aromatic rings. The highest BCUT2D eigenvalue weighted by Gasteiger charge is 2.26. The van der Waals surface area contributed by atoms with Crippen LogP contribution in [0.1, 0.15) is 22.8 Å². The van der Waals surface area contributed by atoms with E-state index < -0.39 is 5.92 Å². The molecule has 1 aliphatic rings. The summed E-state index contributed by atoms with van der Waals surface area (Å²) in [6, 6.07) is 19.5. The Morgan fingerprint density at radius 1 is 1.12 bits per heavy atom. The zero-order valence-electron chi connectivity index (χ0n) is 18.5. The van der Waals surface area contributed by atoms with Gasteiger partial charge in [0.2, 0.25) is 10.4 Å². The van der Waals surface area contributed by atoms with Crippen LogP contribution in [0.2, 0.25) is 0 Å². The molecule has 0 saturated carbocycles. The van der Waals surface area contributed by atoms with E-state index in [-0.39, 0.29) is 16.9 Å². The van der Waals surface area contributed by atoms with Gasteiger partial charge in [0.05, 0.1) is 17.9 Å². The normalized spacial score (nSPS) is 16.0. The first-order valence-electron chi connectivity index (χ1n) is 11.0. The highest BCUT2D eigenvalue weighted by atomic mass is 32.2. The Morgan fingerprint density at radius 3 is 2.48 bits per heavy atom. The number of benzene rings is 2. The molecule has 8 nitrogen and oxygen atoms in total. The Balaban J connectivity index is 1.26. The second-order valence-corrected chi connectivity index (χ2v) is 8.98. The van der Waals surface area contributed by atoms with E-state index in [9.17, 15) is 9.90 Å². The number of hydrogen-bond donors (Lipinski definition) is 0. The van der Waals surface area contributed by atoms with Gasteiger partial charge < -0.3 is 5.11 Å². The number of aromatic nitrogens is 2. The van der Waals surface area contributed by atoms with Crippen LogP contribution in [0.4, 0.5) is 5.88 Å². The summed E-state index contributed by atoms with van der Waals surface area (Å²) in [7, 11) is 0. The lowest BCUT2D eigenvalue weighted by molar-refractivity contribution is -0.759. The van der Waals surface area contributed by atoms with Crippen molar-refractivity contribution in [1.29, 1.82) is 0 Å². The number of carbonyl (C=O) groups is 1. The van der Waals surface area contributed by atoms with Gasteiger partial charge >= 0.3 is 5.88 Å². The van der Waals surface area contributed by atoms with Gasteiger partial charge in [-0.2, -0.15) is 5.01 Å². The molecular weight excluding hydrogens is 438 g/mol. The molecule has 33 heavy (non-hydrogen) atoms. The van der Waals surface area contributed by atoms with Gasteiger partial charge in [-0.15, -0.1) is 0 Å². The molecule has 0 N–H and O–H groups in total. The monoisotopic (exact) mass is 465 g/mol. The first-order valence-corrected chi connectivity index (χ1v) is 11.9. The molecule has 0 radical (unpaired) electrons. The predicted octanol–water partition coefficient (Wildman–Crippen LogP) is 2.02. The van der Waals surface area contributed by atoms with Gasteiger partial charge in [0, 0.05) is 31.0 Å². The zero-order valence-corrected chi connectivity index (χ0v) is 19.4. The summed E-state index contributed by atoms with van der Waals surface area (Å²) in [5, 5.41) is 18.5. The van der Waals surface area contributed by atoms with Crippen LogP contribution in [0.15, 0.2) is 76.4 Å². The molecule has 1 atom stereocenters. The fourth-order valence-electron chi connectivity index (χ4n) is 3.50. The van der Waals surface area contributed by atoms with E-state index in [0.717, 1.165) is 44.5 Å². The lowest BCUT2D eigenvalue weighted by atomic mass is 10.2. The smallest absolute Gasteiger partial charge is 0.324 e. The van der Waals surface area contributed by atoms with Crippen LogP contribution in [0, 0.1) is 5.92 Å². The van der Waals surface area contributed by atoms with Crippen LogP contribution < -0.4 is 14.9 Å². The Kier molecular flexibility index (Phi) is 7.74. The van der Waals surface area contributed by atoms with Crippen molar-refractivity contribution in [3.63, 3.8) is 0 Å². The Bertz CT molecular complexity index is 1070. The fourth-order valence-corrected chi connectivity index (χ4v) is 4.35. The largest absolute Gasteiger partial charge is 0.861 e. The van der Waals surface area contributed by atoms with Crippen molar-refractivity contribution in [1.82, 2.24) is 10.2 Å². The maximum absolute atomic E-state index is 12.5. The number of thioether (sulfide) groups is 1. The first-order chi connectivity index (χ1) is 16.1. The van der Waals surface area contributed by atoms with Crippen LogP contribution in [0.25, 0.3) is 0 Å². The van der Waals surface area contributed by atoms with Gasteiger partial charge in [0.15, 0.2) is 0 Å². The van der Waals surface area contributed by atoms with Gasteiger partial charge in [-0.05, 0) is 17.4 Å². The third-order valence-corrected chi connectivity index (χ3v) is 6.61. The van der Waals surface area contributed by atoms with Gasteiger partial charge in [0.25, 0.3) is 6.20 Å². The maximum atomic E-state index is 12.5. The topological polar surface area (TPSA) is 88.9 Å². The summed E-state index contributed by atoms with van der Waals surface area (Å²) >= 11 is 1.12. The van der Waals surface area contributed by atoms with Crippen LogP contribution in [-0.4, -0.2) is 53.1 Å². The minimum atomic E-state index is -0.414. The first kappa shape index (κ1) is 23.0. The molecule has 0 amide bonds. The van der Waals surface area contributed by atoms with E-state index in [1.807, 2.05) is 24.3 Å². The standard InChI is InChI=1S/C24H27N5O3S/c1-19(18-33-24(31)21-10-6-3-7-11-21)23(30)25-22-17-29(26-32-22)28-14-12-27(13-15-28)16-20-8-4-2-5-9-20/h2-11,17,19H,12-16,18H2,1H3/t19-/m1/s1. The summed E-state index contributed by atoms with van der Waals surface area (Å²) in [5.74, 6) is -0.229. The van der Waals surface area contributed by atoms with Crippen molar-refractivity contribution >= 4 is 28.7 Å². The number of piperazine rings is 1. The molecule has 1 fully saturated rings. The van der Waals surface area contributed by atoms with Crippen molar-refractivity contribution < 1.29 is 19.2 Å². The molecule has 1 aromatic heterocycles. The van der Waals surface area contributed by atoms with Crippen molar-refractivity contribution in [3.05, 3.63) is 78.0 Å². The third kappa shape index (κ3) is 6.43. The zero-order chi connectivity index (χ0) is 23.0. The van der Waals surface area contributed by atoms with Crippen LogP contribution in [0.3, 0.4) is 0 Å². The quantitative estimate of drug-likeness (QED) is 0.286. The second-order valence-electron chi connectivity index (χ2n) is 7.99. The molecule has 4 rings (SSSR count). The predicted molar refractivity (Wildman–Crippen MR) is 126 cm³/mol. The second kappa shape index (κ2) is 11.1. The molecule has 2 heterocycles. The maximum Gasteiger partial charge on any atom is 0.324 e. The number of hydrogen-bond acceptors (Lipinski definition) is 8. The van der Waals surface area contributed by atoms with Crippen molar-refractivity contribution in [2.24, 2.45) is 10.9 Å². The van der Waals surface area contributed by atoms with E-state index >= 15 is 0 Å². The summed E-state index contributed by atoms with van der Waals surface area (Å²) in [6.45, 7) is 6.09. The SMILES string of the molecule is C[C@H](CSC(=O)c1ccccc1)C([O-])=Nc1c[n+](N2CCN(Cc3ccccc3)CC2)no1. The third-order valence-electron chi connectivity index (χ3n) is 5.45. The molecular formula is C24H27N5O3S. The molecule has 172 valence electrons. The number of rotatable bonds is 8. The van der Waals surface area contributed by atoms with Crippen molar-refractivity contribution in [2.75, 3.05) is 36.9 Å². The Morgan fingerprint density at radius 2 is 1.79 bits per heavy atom. The molecule has 0 aliphatic carbocycles. The fraction of sp³-hybridized carbons (Fsp3) is 0.333. The highest BCUT2D eigenvalue weighted by molar-refractivity contribution is 8.14. The molecule has 9 heteroatoms. The average Bonchev–Trinajstić information content (AvgIpc) is 3.32. The average molecular weight is 466 g/mol. The van der Waals surface area contributed by atoms with Gasteiger partial charge in [-0.3, -0.25) is 14.2 Å². The molecule has 0 bridgehead atoms. The summed E-state index contributed by atoms with van der Waals surface area (Å²) < 4.78 is 5.25. The molecule has 1 saturated heterocycles. The summed E-state index contributed by atoms with van der Waals surface area (Å²) in [5.41, 5.74) is 1.93. The van der Waals surface area contributed by atoms with Gasteiger partial charge in [-0.1, -0.05) is 79.3 Å².